The molecule has 2 saturated carbocycles. The maximum absolute atomic E-state index is 3.90. The van der Waals surface area contributed by atoms with Gasteiger partial charge >= 0.3 is 0 Å². The van der Waals surface area contributed by atoms with Crippen LogP contribution in [-0.4, -0.2) is 27.3 Å². The van der Waals surface area contributed by atoms with Crippen molar-refractivity contribution in [2.24, 2.45) is 5.92 Å². The van der Waals surface area contributed by atoms with Crippen LogP contribution in [0.2, 0.25) is 0 Å². The van der Waals surface area contributed by atoms with Crippen molar-refractivity contribution in [1.82, 2.24) is 0 Å². The molecule has 0 aliphatic heterocycles. The van der Waals surface area contributed by atoms with Crippen LogP contribution in [0.15, 0.2) is 35.7 Å². The van der Waals surface area contributed by atoms with Crippen LogP contribution < -0.4 is 0 Å². The molecule has 4 rings (SSSR count). The number of hydrogen-bond donors (Lipinski definition) is 0. The molecule has 3 heteroatoms. The molecular formula is C32H52FeP2. The Morgan fingerprint density at radius 1 is 0.800 bits per heavy atom. The monoisotopic (exact) mass is 554 g/mol. The van der Waals surface area contributed by atoms with Gasteiger partial charge in [0.05, 0.1) is 0 Å². The minimum absolute atomic E-state index is 0. The fraction of sp³-hybridized carbons (Fsp3) is 0.750. The van der Waals surface area contributed by atoms with Gasteiger partial charge in [0.2, 0.25) is 0 Å². The molecule has 0 bridgehead atoms. The normalized spacial score (nSPS) is 24.4. The summed E-state index contributed by atoms with van der Waals surface area (Å²) < 4.78 is 0. The molecule has 198 valence electrons. The Kier molecular flexibility index (Phi) is 13.1. The van der Waals surface area contributed by atoms with Gasteiger partial charge in [0.1, 0.15) is 0 Å². The minimum Gasteiger partial charge on any atom is -0.0918 e. The van der Waals surface area contributed by atoms with Gasteiger partial charge in [-0.1, -0.05) is 133 Å². The predicted molar refractivity (Wildman–Crippen MR) is 158 cm³/mol. The summed E-state index contributed by atoms with van der Waals surface area (Å²) in [5.74, 6) is 0.592. The van der Waals surface area contributed by atoms with E-state index in [0.29, 0.717) is 16.2 Å². The molecule has 0 aromatic rings. The molecule has 0 aromatic heterocycles. The number of rotatable bonds is 5. The summed E-state index contributed by atoms with van der Waals surface area (Å²) in [6, 6.07) is 0. The third-order valence-electron chi connectivity index (χ3n) is 8.00. The van der Waals surface area contributed by atoms with Crippen molar-refractivity contribution in [2.75, 3.05) is 0 Å². The van der Waals surface area contributed by atoms with E-state index in [1.54, 1.807) is 0 Å². The van der Waals surface area contributed by atoms with Crippen molar-refractivity contribution < 1.29 is 17.1 Å². The van der Waals surface area contributed by atoms with Gasteiger partial charge < -0.3 is 0 Å². The average molecular weight is 555 g/mol. The molecule has 2 unspecified atom stereocenters. The van der Waals surface area contributed by atoms with Gasteiger partial charge in [-0.3, -0.25) is 0 Å². The Morgan fingerprint density at radius 2 is 1.31 bits per heavy atom. The van der Waals surface area contributed by atoms with Crippen LogP contribution in [0.1, 0.15) is 119 Å². The third-order valence-corrected chi connectivity index (χ3v) is 15.6. The van der Waals surface area contributed by atoms with E-state index in [1.165, 1.54) is 64.2 Å². The van der Waals surface area contributed by atoms with Gasteiger partial charge in [0, 0.05) is 23.0 Å². The summed E-state index contributed by atoms with van der Waals surface area (Å²) in [4.78, 5) is 0. The smallest absolute Gasteiger partial charge is 0.0162 e. The van der Waals surface area contributed by atoms with Gasteiger partial charge in [-0.15, -0.1) is 0 Å². The zero-order valence-electron chi connectivity index (χ0n) is 23.7. The first-order valence-corrected chi connectivity index (χ1v) is 17.1. The second-order valence-corrected chi connectivity index (χ2v) is 19.9. The van der Waals surface area contributed by atoms with Crippen molar-refractivity contribution >= 4 is 15.8 Å². The molecule has 0 saturated heterocycles. The molecule has 2 atom stereocenters. The molecule has 0 nitrogen and oxygen atoms in total. The maximum atomic E-state index is 3.90. The van der Waals surface area contributed by atoms with E-state index in [9.17, 15) is 0 Å². The Balaban J connectivity index is 0.000000640. The summed E-state index contributed by atoms with van der Waals surface area (Å²) >= 11 is 0. The second kappa shape index (κ2) is 14.5. The van der Waals surface area contributed by atoms with Gasteiger partial charge in [-0.25, -0.2) is 0 Å². The van der Waals surface area contributed by atoms with Crippen molar-refractivity contribution in [3.63, 3.8) is 0 Å². The average Bonchev–Trinajstić information content (AvgIpc) is 3.49. The number of allylic oxidation sites excluding steroid dienone is 8. The molecule has 0 heterocycles. The first kappa shape index (κ1) is 31.6. The minimum atomic E-state index is -0.114. The van der Waals surface area contributed by atoms with Crippen LogP contribution in [0, 0.1) is 18.1 Å². The van der Waals surface area contributed by atoms with Crippen LogP contribution in [0.5, 0.6) is 0 Å². The van der Waals surface area contributed by atoms with Gasteiger partial charge in [0.25, 0.3) is 0 Å². The SMILES string of the molecule is CC(C1[C]=CC=C1P(C1CCCCC1)C1CCCCC1)P(C(C)(C)C)C(C)(C)C.[C]1=CC=CC1.[Fe]. The molecule has 4 aliphatic carbocycles. The molecule has 0 spiro atoms. The predicted octanol–water partition coefficient (Wildman–Crippen LogP) is 10.8. The first-order chi connectivity index (χ1) is 16.1. The molecule has 4 aliphatic rings. The quantitative estimate of drug-likeness (QED) is 0.234. The van der Waals surface area contributed by atoms with Crippen LogP contribution in [-0.2, 0) is 17.1 Å². The molecule has 0 N–H and O–H groups in total. The summed E-state index contributed by atoms with van der Waals surface area (Å²) in [5.41, 5.74) is 2.74. The van der Waals surface area contributed by atoms with Crippen LogP contribution >= 0.6 is 15.8 Å². The summed E-state index contributed by atoms with van der Waals surface area (Å²) in [6.45, 7) is 17.5. The fourth-order valence-electron chi connectivity index (χ4n) is 7.21. The molecular weight excluding hydrogens is 502 g/mol. The largest absolute Gasteiger partial charge is 0.0918 e. The van der Waals surface area contributed by atoms with E-state index in [2.05, 4.69) is 78.8 Å². The van der Waals surface area contributed by atoms with Gasteiger partial charge in [-0.2, -0.15) is 0 Å². The van der Waals surface area contributed by atoms with Crippen LogP contribution in [0.3, 0.4) is 0 Å². The van der Waals surface area contributed by atoms with E-state index in [4.69, 9.17) is 0 Å². The van der Waals surface area contributed by atoms with E-state index in [-0.39, 0.29) is 32.9 Å². The Labute approximate surface area is 232 Å². The van der Waals surface area contributed by atoms with Crippen molar-refractivity contribution in [3.05, 3.63) is 47.8 Å². The molecule has 2 fully saturated rings. The van der Waals surface area contributed by atoms with Crippen molar-refractivity contribution in [3.8, 4) is 0 Å². The van der Waals surface area contributed by atoms with Gasteiger partial charge in [-0.05, 0) is 76.9 Å². The molecule has 0 aromatic carbocycles. The standard InChI is InChI=1S/C27H47P2.C5H5.Fe/c1-21(29(26(2,3)4)27(5,6)7)24-19-14-20-25(24)28(22-15-10-8-11-16-22)23-17-12-9-13-18-23;1-2-4-5-3-1;/h14,20-24H,8-13,15-18H2,1-7H3;1-3H,4H2;. The Bertz CT molecular complexity index is 695. The summed E-state index contributed by atoms with van der Waals surface area (Å²) in [7, 11) is -0.103. The van der Waals surface area contributed by atoms with E-state index in [1.807, 2.05) is 17.5 Å². The number of hydrogen-bond acceptors (Lipinski definition) is 0. The molecule has 2 radical (unpaired) electrons. The third kappa shape index (κ3) is 8.95. The Hall–Kier alpha value is 0.339. The first-order valence-electron chi connectivity index (χ1n) is 14.2. The summed E-state index contributed by atoms with van der Waals surface area (Å²) in [5, 5.41) is 2.65. The topological polar surface area (TPSA) is 0 Å². The van der Waals surface area contributed by atoms with E-state index in [0.717, 1.165) is 23.4 Å². The summed E-state index contributed by atoms with van der Waals surface area (Å²) in [6.07, 6.45) is 33.7. The van der Waals surface area contributed by atoms with E-state index >= 15 is 0 Å². The van der Waals surface area contributed by atoms with Gasteiger partial charge in [0.15, 0.2) is 0 Å². The Morgan fingerprint density at radius 3 is 1.69 bits per heavy atom. The second-order valence-electron chi connectivity index (χ2n) is 12.8. The fourth-order valence-corrected chi connectivity index (χ4v) is 16.5. The molecule has 0 amide bonds. The van der Waals surface area contributed by atoms with E-state index < -0.39 is 0 Å². The van der Waals surface area contributed by atoms with Crippen LogP contribution in [0.4, 0.5) is 0 Å². The molecule has 35 heavy (non-hydrogen) atoms. The zero-order valence-corrected chi connectivity index (χ0v) is 26.6. The van der Waals surface area contributed by atoms with Crippen molar-refractivity contribution in [1.29, 1.82) is 0 Å². The maximum Gasteiger partial charge on any atom is 0.0162 e. The van der Waals surface area contributed by atoms with Crippen LogP contribution in [0.25, 0.3) is 0 Å². The van der Waals surface area contributed by atoms with Crippen molar-refractivity contribution in [2.45, 2.75) is 146 Å². The zero-order chi connectivity index (χ0) is 24.8.